The molecule has 0 aliphatic rings. The highest BCUT2D eigenvalue weighted by Gasteiger charge is 2.09. The van der Waals surface area contributed by atoms with Gasteiger partial charge in [0.1, 0.15) is 0 Å². The van der Waals surface area contributed by atoms with Gasteiger partial charge >= 0.3 is 0 Å². The zero-order valence-corrected chi connectivity index (χ0v) is 25.2. The van der Waals surface area contributed by atoms with Crippen LogP contribution in [0.15, 0.2) is 121 Å². The SMILES string of the molecule is CN(C)c1nc(Nc2ccccc2)nc(Nc2ccccc2)n1.CNc1nc(Nc2ccccc2)nc(Nc2ccccc2)n1. The smallest absolute Gasteiger partial charge is 0.233 e. The topological polar surface area (TPSA) is 141 Å². The van der Waals surface area contributed by atoms with E-state index in [0.717, 1.165) is 22.7 Å². The number of nitrogens with zero attached hydrogens (tertiary/aromatic N) is 7. The average molecular weight is 599 g/mol. The van der Waals surface area contributed by atoms with Crippen molar-refractivity contribution >= 4 is 58.4 Å². The third kappa shape index (κ3) is 9.35. The molecule has 0 spiro atoms. The Morgan fingerprint density at radius 2 is 0.644 bits per heavy atom. The number of para-hydroxylation sites is 4. The highest BCUT2D eigenvalue weighted by atomic mass is 15.3. The Kier molecular flexibility index (Phi) is 10.2. The van der Waals surface area contributed by atoms with Crippen LogP contribution in [0.25, 0.3) is 0 Å². The molecule has 0 radical (unpaired) electrons. The summed E-state index contributed by atoms with van der Waals surface area (Å²) >= 11 is 0. The minimum Gasteiger partial charge on any atom is -0.357 e. The van der Waals surface area contributed by atoms with E-state index in [1.165, 1.54) is 0 Å². The van der Waals surface area contributed by atoms with Crippen molar-refractivity contribution in [3.63, 3.8) is 0 Å². The van der Waals surface area contributed by atoms with Crippen LogP contribution in [0.3, 0.4) is 0 Å². The van der Waals surface area contributed by atoms with Gasteiger partial charge in [0.2, 0.25) is 35.7 Å². The molecule has 2 aromatic heterocycles. The molecule has 4 aromatic carbocycles. The molecule has 0 aliphatic carbocycles. The first-order chi connectivity index (χ1) is 22.0. The highest BCUT2D eigenvalue weighted by molar-refractivity contribution is 5.60. The van der Waals surface area contributed by atoms with E-state index in [1.54, 1.807) is 7.05 Å². The van der Waals surface area contributed by atoms with Crippen LogP contribution in [0.5, 0.6) is 0 Å². The molecule has 0 bridgehead atoms. The summed E-state index contributed by atoms with van der Waals surface area (Å²) in [5, 5.41) is 15.7. The van der Waals surface area contributed by atoms with Crippen LogP contribution >= 0.6 is 0 Å². The van der Waals surface area contributed by atoms with E-state index in [9.17, 15) is 0 Å². The van der Waals surface area contributed by atoms with Gasteiger partial charge in [-0.3, -0.25) is 0 Å². The van der Waals surface area contributed by atoms with Crippen molar-refractivity contribution in [2.24, 2.45) is 0 Å². The van der Waals surface area contributed by atoms with Gasteiger partial charge in [-0.25, -0.2) is 0 Å². The van der Waals surface area contributed by atoms with Gasteiger partial charge in [-0.2, -0.15) is 29.9 Å². The molecule has 0 fully saturated rings. The Labute approximate surface area is 262 Å². The molecule has 12 nitrogen and oxygen atoms in total. The summed E-state index contributed by atoms with van der Waals surface area (Å²) in [6, 6.07) is 39.1. The van der Waals surface area contributed by atoms with E-state index >= 15 is 0 Å². The van der Waals surface area contributed by atoms with Crippen molar-refractivity contribution in [3.8, 4) is 0 Å². The number of rotatable bonds is 10. The number of nitrogens with one attached hydrogen (secondary N) is 5. The van der Waals surface area contributed by atoms with E-state index in [1.807, 2.05) is 140 Å². The minimum absolute atomic E-state index is 0.476. The Balaban J connectivity index is 0.000000178. The van der Waals surface area contributed by atoms with Gasteiger partial charge in [-0.15, -0.1) is 0 Å². The van der Waals surface area contributed by atoms with Gasteiger partial charge < -0.3 is 31.5 Å². The molecular formula is C33H34N12. The van der Waals surface area contributed by atoms with E-state index in [0.29, 0.717) is 35.7 Å². The molecule has 12 heteroatoms. The lowest BCUT2D eigenvalue weighted by Crippen LogP contribution is -2.15. The van der Waals surface area contributed by atoms with Crippen molar-refractivity contribution in [1.29, 1.82) is 0 Å². The highest BCUT2D eigenvalue weighted by Crippen LogP contribution is 2.20. The lowest BCUT2D eigenvalue weighted by molar-refractivity contribution is 0.966. The number of anilines is 10. The Morgan fingerprint density at radius 1 is 0.378 bits per heavy atom. The number of hydrogen-bond acceptors (Lipinski definition) is 12. The van der Waals surface area contributed by atoms with E-state index < -0.39 is 0 Å². The molecule has 0 aliphatic heterocycles. The summed E-state index contributed by atoms with van der Waals surface area (Å²) in [7, 11) is 5.57. The average Bonchev–Trinajstić information content (AvgIpc) is 3.07. The number of aromatic nitrogens is 6. The molecule has 5 N–H and O–H groups in total. The first-order valence-electron chi connectivity index (χ1n) is 14.2. The van der Waals surface area contributed by atoms with Gasteiger partial charge in [0.05, 0.1) is 0 Å². The molecule has 0 unspecified atom stereocenters. The largest absolute Gasteiger partial charge is 0.357 e. The van der Waals surface area contributed by atoms with E-state index in [-0.39, 0.29) is 0 Å². The minimum atomic E-state index is 0.476. The fourth-order valence-electron chi connectivity index (χ4n) is 3.88. The molecule has 0 amide bonds. The zero-order chi connectivity index (χ0) is 31.3. The van der Waals surface area contributed by atoms with Crippen molar-refractivity contribution < 1.29 is 0 Å². The summed E-state index contributed by atoms with van der Waals surface area (Å²) < 4.78 is 0. The maximum Gasteiger partial charge on any atom is 0.233 e. The molecule has 0 atom stereocenters. The van der Waals surface area contributed by atoms with Gasteiger partial charge in [-0.1, -0.05) is 72.8 Å². The monoisotopic (exact) mass is 598 g/mol. The van der Waals surface area contributed by atoms with Gasteiger partial charge in [-0.05, 0) is 48.5 Å². The fraction of sp³-hybridized carbons (Fsp3) is 0.0909. The molecule has 0 saturated heterocycles. The van der Waals surface area contributed by atoms with Crippen LogP contribution in [0.2, 0.25) is 0 Å². The quantitative estimate of drug-likeness (QED) is 0.113. The van der Waals surface area contributed by atoms with Crippen molar-refractivity contribution in [2.75, 3.05) is 52.6 Å². The fourth-order valence-corrected chi connectivity index (χ4v) is 3.88. The lowest BCUT2D eigenvalue weighted by atomic mass is 10.3. The number of benzene rings is 4. The van der Waals surface area contributed by atoms with Gasteiger partial charge in [0.25, 0.3) is 0 Å². The third-order valence-electron chi connectivity index (χ3n) is 6.00. The first-order valence-corrected chi connectivity index (χ1v) is 14.2. The van der Waals surface area contributed by atoms with Gasteiger partial charge in [0, 0.05) is 43.9 Å². The Hall–Kier alpha value is -6.30. The van der Waals surface area contributed by atoms with Crippen LogP contribution < -0.4 is 31.5 Å². The molecule has 2 heterocycles. The predicted octanol–water partition coefficient (Wildman–Crippen LogP) is 6.83. The summed E-state index contributed by atoms with van der Waals surface area (Å²) in [4.78, 5) is 28.1. The molecule has 226 valence electrons. The summed E-state index contributed by atoms with van der Waals surface area (Å²) in [5.41, 5.74) is 3.69. The molecule has 45 heavy (non-hydrogen) atoms. The normalized spacial score (nSPS) is 10.1. The van der Waals surface area contributed by atoms with Crippen molar-refractivity contribution in [3.05, 3.63) is 121 Å². The number of hydrogen-bond donors (Lipinski definition) is 5. The van der Waals surface area contributed by atoms with E-state index in [4.69, 9.17) is 0 Å². The molecule has 0 saturated carbocycles. The summed E-state index contributed by atoms with van der Waals surface area (Å²) in [5.74, 6) is 3.01. The van der Waals surface area contributed by atoms with Crippen LogP contribution in [-0.2, 0) is 0 Å². The molecule has 6 aromatic rings. The zero-order valence-electron chi connectivity index (χ0n) is 25.2. The Morgan fingerprint density at radius 3 is 0.911 bits per heavy atom. The van der Waals surface area contributed by atoms with E-state index in [2.05, 4.69) is 56.5 Å². The standard InChI is InChI=1S/C17H18N6.C16H16N6/c1-23(2)17-21-15(18-13-9-5-3-6-10-13)20-16(22-17)19-14-11-7-4-8-12-14;1-17-14-20-15(18-12-8-4-2-5-9-12)22-16(21-14)19-13-10-6-3-7-11-13/h3-12H,1-2H3,(H2,18,19,20,21,22);2-11H,1H3,(H3,17,18,19,20,21,22). The second-order valence-electron chi connectivity index (χ2n) is 9.70. The maximum absolute atomic E-state index is 4.44. The van der Waals surface area contributed by atoms with Crippen LogP contribution in [0.4, 0.5) is 58.4 Å². The predicted molar refractivity (Wildman–Crippen MR) is 182 cm³/mol. The second kappa shape index (κ2) is 15.3. The molecule has 6 rings (SSSR count). The van der Waals surface area contributed by atoms with Gasteiger partial charge in [0.15, 0.2) is 0 Å². The van der Waals surface area contributed by atoms with Crippen LogP contribution in [0.1, 0.15) is 0 Å². The third-order valence-corrected chi connectivity index (χ3v) is 6.00. The second-order valence-corrected chi connectivity index (χ2v) is 9.70. The molecular weight excluding hydrogens is 564 g/mol. The lowest BCUT2D eigenvalue weighted by Gasteiger charge is -2.14. The Bertz CT molecular complexity index is 1630. The van der Waals surface area contributed by atoms with Crippen molar-refractivity contribution in [1.82, 2.24) is 29.9 Å². The van der Waals surface area contributed by atoms with Crippen molar-refractivity contribution in [2.45, 2.75) is 0 Å². The maximum atomic E-state index is 4.44. The first kappa shape index (κ1) is 30.2. The summed E-state index contributed by atoms with van der Waals surface area (Å²) in [6.07, 6.45) is 0. The van der Waals surface area contributed by atoms with Crippen LogP contribution in [-0.4, -0.2) is 51.0 Å². The van der Waals surface area contributed by atoms with Crippen LogP contribution in [0, 0.1) is 0 Å². The summed E-state index contributed by atoms with van der Waals surface area (Å²) in [6.45, 7) is 0.